The Hall–Kier alpha value is -1.88. The van der Waals surface area contributed by atoms with E-state index in [4.69, 9.17) is 11.5 Å². The van der Waals surface area contributed by atoms with Gasteiger partial charge in [0.2, 0.25) is 11.8 Å². The van der Waals surface area contributed by atoms with Gasteiger partial charge in [0.05, 0.1) is 12.6 Å². The second-order valence-corrected chi connectivity index (χ2v) is 3.98. The fourth-order valence-corrected chi connectivity index (χ4v) is 1.38. The van der Waals surface area contributed by atoms with Crippen LogP contribution in [0.25, 0.3) is 0 Å². The number of nitrogens with two attached hydrogens (primary N) is 2. The molecule has 1 atom stereocenters. The molecule has 0 heterocycles. The molecule has 1 rings (SSSR count). The van der Waals surface area contributed by atoms with E-state index in [1.54, 1.807) is 0 Å². The molecule has 0 radical (unpaired) electrons. The molecule has 0 aliphatic rings. The molecule has 17 heavy (non-hydrogen) atoms. The predicted octanol–water partition coefficient (Wildman–Crippen LogP) is -0.534. The molecule has 2 amide bonds. The van der Waals surface area contributed by atoms with E-state index < -0.39 is 11.9 Å². The first-order valence-corrected chi connectivity index (χ1v) is 5.36. The largest absolute Gasteiger partial charge is 0.368 e. The van der Waals surface area contributed by atoms with Gasteiger partial charge in [-0.25, -0.2) is 0 Å². The van der Waals surface area contributed by atoms with Gasteiger partial charge in [0.1, 0.15) is 0 Å². The fraction of sp³-hybridized carbons (Fsp3) is 0.333. The monoisotopic (exact) mass is 235 g/mol. The van der Waals surface area contributed by atoms with Gasteiger partial charge in [-0.1, -0.05) is 29.8 Å². The summed E-state index contributed by atoms with van der Waals surface area (Å²) in [5.41, 5.74) is 12.8. The summed E-state index contributed by atoms with van der Waals surface area (Å²) in [7, 11) is 0. The molecule has 92 valence electrons. The Bertz CT molecular complexity index is 401. The highest BCUT2D eigenvalue weighted by molar-refractivity contribution is 5.86. The van der Waals surface area contributed by atoms with Gasteiger partial charge in [-0.05, 0) is 18.9 Å². The Labute approximate surface area is 100 Å². The van der Waals surface area contributed by atoms with E-state index in [9.17, 15) is 9.59 Å². The molecule has 0 bridgehead atoms. The van der Waals surface area contributed by atoms with Crippen molar-refractivity contribution in [1.29, 1.82) is 0 Å². The zero-order chi connectivity index (χ0) is 12.8. The van der Waals surface area contributed by atoms with Crippen LogP contribution in [0.1, 0.15) is 11.1 Å². The minimum Gasteiger partial charge on any atom is -0.368 e. The number of hydrogen-bond donors (Lipinski definition) is 3. The Morgan fingerprint density at radius 1 is 1.29 bits per heavy atom. The molecule has 5 N–H and O–H groups in total. The van der Waals surface area contributed by atoms with E-state index in [-0.39, 0.29) is 12.5 Å². The predicted molar refractivity (Wildman–Crippen MR) is 65.1 cm³/mol. The van der Waals surface area contributed by atoms with Gasteiger partial charge in [0.25, 0.3) is 0 Å². The third kappa shape index (κ3) is 4.65. The Kier molecular flexibility index (Phi) is 4.66. The van der Waals surface area contributed by atoms with Crippen LogP contribution >= 0.6 is 0 Å². The lowest BCUT2D eigenvalue weighted by Gasteiger charge is -2.11. The van der Waals surface area contributed by atoms with Gasteiger partial charge in [-0.3, -0.25) is 9.59 Å². The Morgan fingerprint density at radius 2 is 1.88 bits per heavy atom. The maximum absolute atomic E-state index is 11.5. The van der Waals surface area contributed by atoms with Crippen LogP contribution in [-0.4, -0.2) is 24.4 Å². The number of amides is 2. The standard InChI is InChI=1S/C12H17N3O2/c1-8-2-4-9(5-3-8)6-10(13)12(17)15-7-11(14)16/h2-5,10H,6-7,13H2,1H3,(H2,14,16)(H,15,17)/t10-/m0/s1. The van der Waals surface area contributed by atoms with E-state index in [1.165, 1.54) is 0 Å². The quantitative estimate of drug-likeness (QED) is 0.639. The summed E-state index contributed by atoms with van der Waals surface area (Å²) in [4.78, 5) is 22.0. The lowest BCUT2D eigenvalue weighted by Crippen LogP contribution is -2.44. The van der Waals surface area contributed by atoms with Crippen molar-refractivity contribution in [2.45, 2.75) is 19.4 Å². The third-order valence-corrected chi connectivity index (χ3v) is 2.35. The van der Waals surface area contributed by atoms with Crippen molar-refractivity contribution in [2.24, 2.45) is 11.5 Å². The molecule has 0 fully saturated rings. The van der Waals surface area contributed by atoms with Crippen LogP contribution in [-0.2, 0) is 16.0 Å². The molecule has 5 nitrogen and oxygen atoms in total. The highest BCUT2D eigenvalue weighted by atomic mass is 16.2. The molecule has 0 aliphatic carbocycles. The average molecular weight is 235 g/mol. The third-order valence-electron chi connectivity index (χ3n) is 2.35. The van der Waals surface area contributed by atoms with Crippen LogP contribution in [0.15, 0.2) is 24.3 Å². The molecular weight excluding hydrogens is 218 g/mol. The van der Waals surface area contributed by atoms with Gasteiger partial charge >= 0.3 is 0 Å². The van der Waals surface area contributed by atoms with Crippen molar-refractivity contribution >= 4 is 11.8 Å². The second-order valence-electron chi connectivity index (χ2n) is 3.98. The van der Waals surface area contributed by atoms with Gasteiger partial charge in [-0.15, -0.1) is 0 Å². The van der Waals surface area contributed by atoms with Gasteiger partial charge in [-0.2, -0.15) is 0 Å². The fourth-order valence-electron chi connectivity index (χ4n) is 1.38. The van der Waals surface area contributed by atoms with Crippen molar-refractivity contribution in [3.63, 3.8) is 0 Å². The number of carbonyl (C=O) groups is 2. The first-order valence-electron chi connectivity index (χ1n) is 5.36. The normalized spacial score (nSPS) is 11.9. The van der Waals surface area contributed by atoms with Gasteiger partial charge < -0.3 is 16.8 Å². The molecule has 0 aromatic heterocycles. The summed E-state index contributed by atoms with van der Waals surface area (Å²) in [6.07, 6.45) is 0.435. The van der Waals surface area contributed by atoms with E-state index in [1.807, 2.05) is 31.2 Å². The Balaban J connectivity index is 2.48. The SMILES string of the molecule is Cc1ccc(C[C@H](N)C(=O)NCC(N)=O)cc1. The smallest absolute Gasteiger partial charge is 0.237 e. The van der Waals surface area contributed by atoms with Crippen molar-refractivity contribution in [3.8, 4) is 0 Å². The Morgan fingerprint density at radius 3 is 2.41 bits per heavy atom. The van der Waals surface area contributed by atoms with E-state index in [0.717, 1.165) is 11.1 Å². The zero-order valence-electron chi connectivity index (χ0n) is 9.77. The van der Waals surface area contributed by atoms with Gasteiger partial charge in [0, 0.05) is 0 Å². The summed E-state index contributed by atoms with van der Waals surface area (Å²) >= 11 is 0. The summed E-state index contributed by atoms with van der Waals surface area (Å²) < 4.78 is 0. The molecule has 0 saturated carbocycles. The lowest BCUT2D eigenvalue weighted by molar-refractivity contribution is -0.125. The van der Waals surface area contributed by atoms with Crippen LogP contribution in [0.4, 0.5) is 0 Å². The first-order chi connectivity index (χ1) is 7.99. The number of benzene rings is 1. The molecule has 0 spiro atoms. The molecular formula is C12H17N3O2. The molecule has 5 heteroatoms. The number of aryl methyl sites for hydroxylation is 1. The number of hydrogen-bond acceptors (Lipinski definition) is 3. The highest BCUT2D eigenvalue weighted by Gasteiger charge is 2.13. The lowest BCUT2D eigenvalue weighted by atomic mass is 10.0. The summed E-state index contributed by atoms with van der Waals surface area (Å²) in [6.45, 7) is 1.81. The number of nitrogens with one attached hydrogen (secondary N) is 1. The van der Waals surface area contributed by atoms with E-state index in [2.05, 4.69) is 5.32 Å². The van der Waals surface area contributed by atoms with Crippen LogP contribution in [0, 0.1) is 6.92 Å². The molecule has 0 saturated heterocycles. The van der Waals surface area contributed by atoms with E-state index >= 15 is 0 Å². The van der Waals surface area contributed by atoms with Crippen molar-refractivity contribution in [1.82, 2.24) is 5.32 Å². The minimum absolute atomic E-state index is 0.180. The van der Waals surface area contributed by atoms with Crippen LogP contribution in [0.2, 0.25) is 0 Å². The number of carbonyl (C=O) groups excluding carboxylic acids is 2. The van der Waals surface area contributed by atoms with Crippen molar-refractivity contribution in [3.05, 3.63) is 35.4 Å². The van der Waals surface area contributed by atoms with Gasteiger partial charge in [0.15, 0.2) is 0 Å². The first kappa shape index (κ1) is 13.2. The maximum Gasteiger partial charge on any atom is 0.237 e. The number of primary amides is 1. The topological polar surface area (TPSA) is 98.2 Å². The van der Waals surface area contributed by atoms with Crippen LogP contribution in [0.3, 0.4) is 0 Å². The average Bonchev–Trinajstić information content (AvgIpc) is 2.28. The molecule has 1 aromatic rings. The minimum atomic E-state index is -0.669. The summed E-state index contributed by atoms with van der Waals surface area (Å²) in [5, 5.41) is 2.38. The zero-order valence-corrected chi connectivity index (χ0v) is 9.77. The molecule has 1 aromatic carbocycles. The highest BCUT2D eigenvalue weighted by Crippen LogP contribution is 2.05. The maximum atomic E-state index is 11.5. The van der Waals surface area contributed by atoms with Crippen LogP contribution < -0.4 is 16.8 Å². The van der Waals surface area contributed by atoms with Crippen molar-refractivity contribution < 1.29 is 9.59 Å². The summed E-state index contributed by atoms with van der Waals surface area (Å²) in [5.74, 6) is -0.953. The molecule has 0 aliphatic heterocycles. The molecule has 0 unspecified atom stereocenters. The summed E-state index contributed by atoms with van der Waals surface area (Å²) in [6, 6.07) is 7.11. The van der Waals surface area contributed by atoms with Crippen LogP contribution in [0.5, 0.6) is 0 Å². The van der Waals surface area contributed by atoms with E-state index in [0.29, 0.717) is 6.42 Å². The number of rotatable bonds is 5. The second kappa shape index (κ2) is 6.00. The van der Waals surface area contributed by atoms with Crippen molar-refractivity contribution in [2.75, 3.05) is 6.54 Å².